The lowest BCUT2D eigenvalue weighted by Crippen LogP contribution is -2.24. The van der Waals surface area contributed by atoms with Gasteiger partial charge in [0.05, 0.1) is 11.6 Å². The Bertz CT molecular complexity index is 985. The number of amides is 1. The van der Waals surface area contributed by atoms with Gasteiger partial charge >= 0.3 is 6.18 Å². The Balaban J connectivity index is 2.31. The normalized spacial score (nSPS) is 13.5. The Labute approximate surface area is 179 Å². The van der Waals surface area contributed by atoms with Crippen LogP contribution in [-0.4, -0.2) is 40.8 Å². The van der Waals surface area contributed by atoms with Gasteiger partial charge < -0.3 is 10.6 Å². The van der Waals surface area contributed by atoms with Gasteiger partial charge in [0, 0.05) is 21.1 Å². The first-order chi connectivity index (χ1) is 14.3. The third-order valence-corrected chi connectivity index (χ3v) is 5.33. The SMILES string of the molecule is CN(C)c1nc(C(F)(F)F)ccc1CCC(C(N)=O)c1ccc(N(C)S(=O)O)c(F)c1. The average molecular weight is 462 g/mol. The van der Waals surface area contributed by atoms with E-state index in [0.717, 1.165) is 16.4 Å². The fraction of sp³-hybridized carbons (Fsp3) is 0.368. The molecule has 0 aliphatic rings. The highest BCUT2D eigenvalue weighted by atomic mass is 32.2. The maximum atomic E-state index is 14.4. The van der Waals surface area contributed by atoms with Gasteiger partial charge in [0.1, 0.15) is 17.3 Å². The lowest BCUT2D eigenvalue weighted by Gasteiger charge is -2.20. The topological polar surface area (TPSA) is 99.8 Å². The minimum absolute atomic E-state index is 0.101. The summed E-state index contributed by atoms with van der Waals surface area (Å²) < 4.78 is 74.3. The average Bonchev–Trinajstić information content (AvgIpc) is 2.66. The summed E-state index contributed by atoms with van der Waals surface area (Å²) in [6.07, 6.45) is -4.33. The van der Waals surface area contributed by atoms with Crippen molar-refractivity contribution in [3.05, 3.63) is 53.0 Å². The van der Waals surface area contributed by atoms with Crippen LogP contribution in [0.5, 0.6) is 0 Å². The Morgan fingerprint density at radius 3 is 2.35 bits per heavy atom. The summed E-state index contributed by atoms with van der Waals surface area (Å²) in [6, 6.07) is 5.86. The molecule has 0 fully saturated rings. The zero-order chi connectivity index (χ0) is 23.5. The van der Waals surface area contributed by atoms with E-state index in [0.29, 0.717) is 5.56 Å². The number of nitrogens with zero attached hydrogens (tertiary/aromatic N) is 3. The Morgan fingerprint density at radius 1 is 1.23 bits per heavy atom. The number of halogens is 4. The van der Waals surface area contributed by atoms with Crippen molar-refractivity contribution in [1.82, 2.24) is 4.98 Å². The van der Waals surface area contributed by atoms with Crippen molar-refractivity contribution in [3.63, 3.8) is 0 Å². The summed E-state index contributed by atoms with van der Waals surface area (Å²) in [5, 5.41) is 0. The largest absolute Gasteiger partial charge is 0.433 e. The number of anilines is 2. The minimum atomic E-state index is -4.59. The lowest BCUT2D eigenvalue weighted by atomic mass is 9.91. The van der Waals surface area contributed by atoms with Crippen molar-refractivity contribution in [1.29, 1.82) is 0 Å². The van der Waals surface area contributed by atoms with Gasteiger partial charge in [-0.1, -0.05) is 12.1 Å². The van der Waals surface area contributed by atoms with E-state index >= 15 is 0 Å². The molecule has 0 spiro atoms. The van der Waals surface area contributed by atoms with E-state index in [9.17, 15) is 26.6 Å². The molecular weight excluding hydrogens is 440 g/mol. The van der Waals surface area contributed by atoms with Gasteiger partial charge in [-0.25, -0.2) is 13.6 Å². The smallest absolute Gasteiger partial charge is 0.369 e. The Morgan fingerprint density at radius 2 is 1.87 bits per heavy atom. The summed E-state index contributed by atoms with van der Waals surface area (Å²) >= 11 is -2.43. The van der Waals surface area contributed by atoms with Gasteiger partial charge in [-0.15, -0.1) is 0 Å². The minimum Gasteiger partial charge on any atom is -0.369 e. The zero-order valence-electron chi connectivity index (χ0n) is 17.0. The second kappa shape index (κ2) is 9.60. The monoisotopic (exact) mass is 462 g/mol. The summed E-state index contributed by atoms with van der Waals surface area (Å²) in [7, 11) is 4.32. The highest BCUT2D eigenvalue weighted by Gasteiger charge is 2.33. The quantitative estimate of drug-likeness (QED) is 0.464. The number of aromatic nitrogens is 1. The lowest BCUT2D eigenvalue weighted by molar-refractivity contribution is -0.141. The van der Waals surface area contributed by atoms with Crippen molar-refractivity contribution in [2.24, 2.45) is 5.73 Å². The molecule has 12 heteroatoms. The molecule has 31 heavy (non-hydrogen) atoms. The van der Waals surface area contributed by atoms with E-state index in [4.69, 9.17) is 10.3 Å². The van der Waals surface area contributed by atoms with Gasteiger partial charge in [-0.2, -0.15) is 13.2 Å². The van der Waals surface area contributed by atoms with Crippen LogP contribution in [0.3, 0.4) is 0 Å². The van der Waals surface area contributed by atoms with Gasteiger partial charge in [0.15, 0.2) is 0 Å². The fourth-order valence-electron chi connectivity index (χ4n) is 3.07. The van der Waals surface area contributed by atoms with Crippen LogP contribution < -0.4 is 14.9 Å². The summed E-state index contributed by atoms with van der Waals surface area (Å²) in [6.45, 7) is 0. The molecule has 0 aliphatic carbocycles. The number of rotatable bonds is 8. The van der Waals surface area contributed by atoms with Crippen LogP contribution in [0.15, 0.2) is 30.3 Å². The van der Waals surface area contributed by atoms with Crippen molar-refractivity contribution in [2.75, 3.05) is 30.3 Å². The molecule has 0 saturated carbocycles. The van der Waals surface area contributed by atoms with E-state index in [-0.39, 0.29) is 29.9 Å². The predicted octanol–water partition coefficient (Wildman–Crippen LogP) is 3.08. The maximum Gasteiger partial charge on any atom is 0.433 e. The number of carbonyl (C=O) groups excluding carboxylic acids is 1. The number of primary amides is 1. The standard InChI is InChI=1S/C19H22F4N4O3S/c1-26(2)18-11(6-9-16(25-18)19(21,22)23)4-7-13(17(24)28)12-5-8-15(14(20)10-12)27(3)31(29)30/h5-6,8-10,13H,4,7H2,1-3H3,(H2,24,28)(H,29,30). The number of hydrogen-bond acceptors (Lipinski definition) is 4. The predicted molar refractivity (Wildman–Crippen MR) is 109 cm³/mol. The third-order valence-electron chi connectivity index (χ3n) is 4.66. The number of nitrogens with two attached hydrogens (primary N) is 1. The van der Waals surface area contributed by atoms with Crippen LogP contribution in [0.2, 0.25) is 0 Å². The van der Waals surface area contributed by atoms with Crippen LogP contribution in [0.25, 0.3) is 0 Å². The Hall–Kier alpha value is -2.73. The first-order valence-electron chi connectivity index (χ1n) is 9.00. The van der Waals surface area contributed by atoms with Crippen molar-refractivity contribution >= 4 is 28.7 Å². The Kier molecular flexibility index (Phi) is 7.60. The summed E-state index contributed by atoms with van der Waals surface area (Å²) in [5.41, 5.74) is 5.01. The molecule has 0 radical (unpaired) electrons. The number of hydrogen-bond donors (Lipinski definition) is 2. The van der Waals surface area contributed by atoms with Gasteiger partial charge in [-0.3, -0.25) is 13.7 Å². The van der Waals surface area contributed by atoms with Crippen molar-refractivity contribution < 1.29 is 31.1 Å². The third kappa shape index (κ3) is 5.91. The number of benzene rings is 1. The molecule has 0 bridgehead atoms. The van der Waals surface area contributed by atoms with Gasteiger partial charge in [-0.05, 0) is 42.2 Å². The molecule has 1 aromatic carbocycles. The van der Waals surface area contributed by atoms with Crippen molar-refractivity contribution in [3.8, 4) is 0 Å². The molecule has 2 atom stereocenters. The fourth-order valence-corrected chi connectivity index (χ4v) is 3.39. The molecule has 3 N–H and O–H groups in total. The molecule has 2 unspecified atom stereocenters. The second-order valence-electron chi connectivity index (χ2n) is 7.00. The molecular formula is C19H22F4N4O3S. The molecule has 1 aromatic heterocycles. The van der Waals surface area contributed by atoms with Crippen LogP contribution in [0, 0.1) is 5.82 Å². The first kappa shape index (κ1) is 24.5. The van der Waals surface area contributed by atoms with Crippen LogP contribution >= 0.6 is 0 Å². The van der Waals surface area contributed by atoms with Crippen LogP contribution in [0.4, 0.5) is 29.1 Å². The molecule has 2 aromatic rings. The highest BCUT2D eigenvalue weighted by Crippen LogP contribution is 2.32. The van der Waals surface area contributed by atoms with Gasteiger partial charge in [0.2, 0.25) is 5.91 Å². The highest BCUT2D eigenvalue weighted by molar-refractivity contribution is 7.80. The molecule has 0 aliphatic heterocycles. The molecule has 2 rings (SSSR count). The molecule has 7 nitrogen and oxygen atoms in total. The second-order valence-corrected chi connectivity index (χ2v) is 8.01. The molecule has 1 heterocycles. The number of alkyl halides is 3. The van der Waals surface area contributed by atoms with E-state index in [1.54, 1.807) is 14.1 Å². The number of carbonyl (C=O) groups is 1. The van der Waals surface area contributed by atoms with E-state index in [2.05, 4.69) is 4.98 Å². The number of aryl methyl sites for hydroxylation is 1. The van der Waals surface area contributed by atoms with Crippen molar-refractivity contribution in [2.45, 2.75) is 24.9 Å². The molecule has 170 valence electrons. The van der Waals surface area contributed by atoms with E-state index in [1.165, 1.54) is 30.1 Å². The van der Waals surface area contributed by atoms with E-state index < -0.39 is 40.8 Å². The van der Waals surface area contributed by atoms with Gasteiger partial charge in [0.25, 0.3) is 11.3 Å². The zero-order valence-corrected chi connectivity index (χ0v) is 17.8. The summed E-state index contributed by atoms with van der Waals surface area (Å²) in [4.78, 5) is 17.1. The van der Waals surface area contributed by atoms with Crippen LogP contribution in [0.1, 0.15) is 29.2 Å². The number of pyridine rings is 1. The molecule has 1 amide bonds. The van der Waals surface area contributed by atoms with Crippen LogP contribution in [-0.2, 0) is 28.7 Å². The van der Waals surface area contributed by atoms with E-state index in [1.807, 2.05) is 0 Å². The summed E-state index contributed by atoms with van der Waals surface area (Å²) in [5.74, 6) is -2.38. The first-order valence-corrected chi connectivity index (χ1v) is 10.1. The molecule has 0 saturated heterocycles. The maximum absolute atomic E-state index is 14.4.